The van der Waals surface area contributed by atoms with E-state index in [4.69, 9.17) is 0 Å². The molecule has 2 aromatic rings. The van der Waals surface area contributed by atoms with Gasteiger partial charge in [-0.3, -0.25) is 14.4 Å². The number of anilines is 3. The molecular weight excluding hydrogens is 456 g/mol. The fraction of sp³-hybridized carbons (Fsp3) is 0.375. The maximum Gasteiger partial charge on any atom is 0.247 e. The van der Waals surface area contributed by atoms with Gasteiger partial charge in [-0.15, -0.1) is 0 Å². The lowest BCUT2D eigenvalue weighted by Crippen LogP contribution is -2.54. The van der Waals surface area contributed by atoms with Gasteiger partial charge in [0.25, 0.3) is 0 Å². The molecule has 0 spiro atoms. The lowest BCUT2D eigenvalue weighted by atomic mass is 10.0. The Bertz CT molecular complexity index is 1230. The number of likely N-dealkylation sites (N-methyl/N-ethyl adjacent to an activating group) is 1. The van der Waals surface area contributed by atoms with Crippen molar-refractivity contribution in [3.63, 3.8) is 0 Å². The molecule has 3 amide bonds. The smallest absolute Gasteiger partial charge is 0.247 e. The van der Waals surface area contributed by atoms with E-state index in [0.29, 0.717) is 23.5 Å². The molecule has 2 unspecified atom stereocenters. The Balaban J connectivity index is 1.55. The molecule has 0 aromatic heterocycles. The Morgan fingerprint density at radius 1 is 1.15 bits per heavy atom. The molecule has 4 rings (SSSR count). The van der Waals surface area contributed by atoms with E-state index in [9.17, 15) is 22.8 Å². The van der Waals surface area contributed by atoms with Gasteiger partial charge < -0.3 is 20.4 Å². The van der Waals surface area contributed by atoms with Gasteiger partial charge in [-0.05, 0) is 37.1 Å². The first-order chi connectivity index (χ1) is 16.1. The van der Waals surface area contributed by atoms with Gasteiger partial charge in [0.1, 0.15) is 6.04 Å². The van der Waals surface area contributed by atoms with E-state index >= 15 is 0 Å². The van der Waals surface area contributed by atoms with Crippen LogP contribution >= 0.6 is 0 Å². The summed E-state index contributed by atoms with van der Waals surface area (Å²) in [4.78, 5) is 42.1. The van der Waals surface area contributed by atoms with Gasteiger partial charge >= 0.3 is 0 Å². The number of nitrogens with one attached hydrogen (secondary N) is 2. The molecule has 2 aliphatic rings. The summed E-state index contributed by atoms with van der Waals surface area (Å²) in [6.07, 6.45) is 0.243. The van der Waals surface area contributed by atoms with E-state index in [1.54, 1.807) is 42.3 Å². The Morgan fingerprint density at radius 2 is 1.85 bits per heavy atom. The van der Waals surface area contributed by atoms with Crippen LogP contribution in [0.5, 0.6) is 0 Å². The van der Waals surface area contributed by atoms with Crippen LogP contribution in [0.25, 0.3) is 0 Å². The summed E-state index contributed by atoms with van der Waals surface area (Å²) in [7, 11) is -1.56. The molecule has 1 fully saturated rings. The van der Waals surface area contributed by atoms with Crippen LogP contribution in [0.3, 0.4) is 0 Å². The van der Waals surface area contributed by atoms with Crippen molar-refractivity contribution in [2.75, 3.05) is 40.6 Å². The van der Waals surface area contributed by atoms with Crippen LogP contribution in [0.1, 0.15) is 18.4 Å². The Morgan fingerprint density at radius 3 is 2.56 bits per heavy atom. The number of carbonyl (C=O) groups is 3. The second kappa shape index (κ2) is 9.46. The van der Waals surface area contributed by atoms with Gasteiger partial charge in [-0.25, -0.2) is 8.42 Å². The molecule has 2 atom stereocenters. The quantitative estimate of drug-likeness (QED) is 0.646. The summed E-state index contributed by atoms with van der Waals surface area (Å²) >= 11 is 0. The van der Waals surface area contributed by atoms with Crippen LogP contribution in [0, 0.1) is 6.92 Å². The van der Waals surface area contributed by atoms with Gasteiger partial charge in [0.2, 0.25) is 17.7 Å². The highest BCUT2D eigenvalue weighted by Crippen LogP contribution is 2.33. The molecule has 0 aliphatic carbocycles. The zero-order valence-electron chi connectivity index (χ0n) is 19.2. The number of fused-ring (bicyclic) bond motifs is 1. The van der Waals surface area contributed by atoms with Crippen molar-refractivity contribution >= 4 is 44.6 Å². The summed E-state index contributed by atoms with van der Waals surface area (Å²) in [6.45, 7) is 1.73. The van der Waals surface area contributed by atoms with E-state index in [2.05, 4.69) is 10.6 Å². The molecule has 9 nitrogen and oxygen atoms in total. The van der Waals surface area contributed by atoms with E-state index in [-0.39, 0.29) is 42.2 Å². The molecule has 180 valence electrons. The third-order valence-corrected chi connectivity index (χ3v) is 8.15. The van der Waals surface area contributed by atoms with Gasteiger partial charge in [0.05, 0.1) is 35.8 Å². The highest BCUT2D eigenvalue weighted by Gasteiger charge is 2.38. The minimum atomic E-state index is -3.15. The van der Waals surface area contributed by atoms with Crippen molar-refractivity contribution in [2.24, 2.45) is 0 Å². The van der Waals surface area contributed by atoms with Crippen molar-refractivity contribution < 1.29 is 22.8 Å². The monoisotopic (exact) mass is 484 g/mol. The molecule has 2 N–H and O–H groups in total. The number of carbonyl (C=O) groups excluding carboxylic acids is 3. The van der Waals surface area contributed by atoms with Crippen LogP contribution in [0.15, 0.2) is 48.5 Å². The molecule has 0 bridgehead atoms. The number of rotatable bonds is 6. The van der Waals surface area contributed by atoms with Crippen LogP contribution < -0.4 is 15.5 Å². The van der Waals surface area contributed by atoms with Crippen molar-refractivity contribution in [3.05, 3.63) is 54.1 Å². The Labute approximate surface area is 199 Å². The van der Waals surface area contributed by atoms with Gasteiger partial charge in [-0.1, -0.05) is 30.3 Å². The summed E-state index contributed by atoms with van der Waals surface area (Å²) in [5, 5.41) is 5.67. The van der Waals surface area contributed by atoms with Crippen LogP contribution in [0.2, 0.25) is 0 Å². The first-order valence-electron chi connectivity index (χ1n) is 11.1. The number of amides is 3. The van der Waals surface area contributed by atoms with Gasteiger partial charge in [0.15, 0.2) is 9.84 Å². The zero-order valence-corrected chi connectivity index (χ0v) is 20.0. The normalized spacial score (nSPS) is 20.9. The van der Waals surface area contributed by atoms with Gasteiger partial charge in [-0.2, -0.15) is 0 Å². The summed E-state index contributed by atoms with van der Waals surface area (Å²) in [5.41, 5.74) is 2.75. The lowest BCUT2D eigenvalue weighted by molar-refractivity contribution is -0.130. The second-order valence-electron chi connectivity index (χ2n) is 8.78. The second-order valence-corrected chi connectivity index (χ2v) is 11.0. The Hall–Kier alpha value is -3.40. The Kier molecular flexibility index (Phi) is 6.60. The maximum absolute atomic E-state index is 13.1. The number of aryl methyl sites for hydroxylation is 1. The minimum Gasteiger partial charge on any atom is -0.348 e. The molecule has 2 aromatic carbocycles. The molecular formula is C24H28N4O5S. The molecule has 0 saturated carbocycles. The van der Waals surface area contributed by atoms with E-state index in [0.717, 1.165) is 5.56 Å². The molecule has 1 saturated heterocycles. The fourth-order valence-electron chi connectivity index (χ4n) is 4.39. The number of nitrogens with zero attached hydrogens (tertiary/aromatic N) is 2. The standard InChI is InChI=1S/C24H28N4O5S/c1-16-7-3-4-8-18(16)25-22(29)13-21-24(31)26-19-9-5-6-10-20(19)28(21)14-23(30)27(2)17-11-12-34(32,33)15-17/h3-10,17,21H,11-15H2,1-2H3,(H,25,29)(H,26,31). The summed E-state index contributed by atoms with van der Waals surface area (Å²) < 4.78 is 23.7. The molecule has 2 aliphatic heterocycles. The van der Waals surface area contributed by atoms with Gasteiger partial charge in [0, 0.05) is 18.8 Å². The zero-order chi connectivity index (χ0) is 24.5. The topological polar surface area (TPSA) is 116 Å². The third-order valence-electron chi connectivity index (χ3n) is 6.40. The van der Waals surface area contributed by atoms with E-state index in [1.165, 1.54) is 4.90 Å². The minimum absolute atomic E-state index is 0.0609. The predicted molar refractivity (Wildman–Crippen MR) is 130 cm³/mol. The maximum atomic E-state index is 13.1. The molecule has 10 heteroatoms. The number of hydrogen-bond acceptors (Lipinski definition) is 6. The third kappa shape index (κ3) is 5.06. The number of benzene rings is 2. The number of sulfone groups is 1. The average Bonchev–Trinajstić information content (AvgIpc) is 3.16. The number of hydrogen-bond donors (Lipinski definition) is 2. The summed E-state index contributed by atoms with van der Waals surface area (Å²) in [6, 6.07) is 13.2. The van der Waals surface area contributed by atoms with Crippen molar-refractivity contribution in [1.82, 2.24) is 4.90 Å². The predicted octanol–water partition coefficient (Wildman–Crippen LogP) is 1.80. The highest BCUT2D eigenvalue weighted by molar-refractivity contribution is 7.91. The average molecular weight is 485 g/mol. The molecule has 2 heterocycles. The summed E-state index contributed by atoms with van der Waals surface area (Å²) in [5.74, 6) is -1.03. The first kappa shape index (κ1) is 23.7. The molecule has 0 radical (unpaired) electrons. The van der Waals surface area contributed by atoms with Crippen LogP contribution in [0.4, 0.5) is 17.1 Å². The van der Waals surface area contributed by atoms with Crippen LogP contribution in [-0.4, -0.2) is 68.2 Å². The first-order valence-corrected chi connectivity index (χ1v) is 12.9. The van der Waals surface area contributed by atoms with E-state index < -0.39 is 21.9 Å². The van der Waals surface area contributed by atoms with Crippen LogP contribution in [-0.2, 0) is 24.2 Å². The molecule has 34 heavy (non-hydrogen) atoms. The lowest BCUT2D eigenvalue weighted by Gasteiger charge is -2.38. The van der Waals surface area contributed by atoms with Crippen molar-refractivity contribution in [2.45, 2.75) is 31.8 Å². The highest BCUT2D eigenvalue weighted by atomic mass is 32.2. The van der Waals surface area contributed by atoms with E-state index in [1.807, 2.05) is 25.1 Å². The number of para-hydroxylation sites is 3. The van der Waals surface area contributed by atoms with Crippen molar-refractivity contribution in [3.8, 4) is 0 Å². The SMILES string of the molecule is Cc1ccccc1NC(=O)CC1C(=O)Nc2ccccc2N1CC(=O)N(C)C1CCS(=O)(=O)C1. The van der Waals surface area contributed by atoms with Crippen molar-refractivity contribution in [1.29, 1.82) is 0 Å². The fourth-order valence-corrected chi connectivity index (χ4v) is 6.16. The largest absolute Gasteiger partial charge is 0.348 e.